The number of carbonyl (C=O) groups is 4. The molecule has 9 nitrogen and oxygen atoms in total. The molecule has 0 atom stereocenters. The maximum atomic E-state index is 12.8. The first-order valence-electron chi connectivity index (χ1n) is 9.78. The Morgan fingerprint density at radius 1 is 1.17 bits per heavy atom. The number of fused-ring (bicyclic) bond motifs is 1. The number of anilines is 2. The van der Waals surface area contributed by atoms with Gasteiger partial charge in [-0.05, 0) is 53.2 Å². The summed E-state index contributed by atoms with van der Waals surface area (Å²) in [5.74, 6) is -1.39. The van der Waals surface area contributed by atoms with Crippen LogP contribution in [0, 0.1) is 0 Å². The predicted molar refractivity (Wildman–Crippen MR) is 111 cm³/mol. The Bertz CT molecular complexity index is 828. The summed E-state index contributed by atoms with van der Waals surface area (Å²) in [6.45, 7) is 8.28. The first-order valence-corrected chi connectivity index (χ1v) is 9.78. The van der Waals surface area contributed by atoms with Crippen LogP contribution in [0.3, 0.4) is 0 Å². The number of carbonyl (C=O) groups excluding carboxylic acids is 4. The summed E-state index contributed by atoms with van der Waals surface area (Å²) in [6.07, 6.45) is -0.189. The van der Waals surface area contributed by atoms with E-state index in [1.165, 1.54) is 4.90 Å². The highest BCUT2D eigenvalue weighted by Crippen LogP contribution is 2.36. The molecule has 3 amide bonds. The zero-order valence-corrected chi connectivity index (χ0v) is 18.0. The summed E-state index contributed by atoms with van der Waals surface area (Å²) in [7, 11) is 0. The molecule has 0 saturated carbocycles. The van der Waals surface area contributed by atoms with Crippen LogP contribution >= 0.6 is 0 Å². The standard InChI is InChI=1S/C21H29N3O6/c1-20(2,3)30-19(28)22-12-8-11-17(26)29-13-16(25)24-15-10-7-6-9-14(15)23-18(27)21(24,4)5/h6-7,9-10H,8,11-13H2,1-5H3,(H,22,28)(H,23,27). The van der Waals surface area contributed by atoms with Crippen LogP contribution in [-0.2, 0) is 23.9 Å². The smallest absolute Gasteiger partial charge is 0.407 e. The van der Waals surface area contributed by atoms with E-state index in [4.69, 9.17) is 9.47 Å². The van der Waals surface area contributed by atoms with Crippen LogP contribution in [0.1, 0.15) is 47.5 Å². The van der Waals surface area contributed by atoms with Crippen molar-refractivity contribution in [3.63, 3.8) is 0 Å². The minimum Gasteiger partial charge on any atom is -0.456 e. The lowest BCUT2D eigenvalue weighted by Gasteiger charge is -2.41. The highest BCUT2D eigenvalue weighted by atomic mass is 16.6. The number of alkyl carbamates (subject to hydrolysis) is 1. The summed E-state index contributed by atoms with van der Waals surface area (Å²) in [5.41, 5.74) is -0.657. The second-order valence-electron chi connectivity index (χ2n) is 8.45. The Labute approximate surface area is 176 Å². The van der Waals surface area contributed by atoms with Crippen LogP contribution in [0.4, 0.5) is 16.2 Å². The Morgan fingerprint density at radius 3 is 2.50 bits per heavy atom. The highest BCUT2D eigenvalue weighted by molar-refractivity contribution is 6.14. The first kappa shape index (κ1) is 23.2. The fraction of sp³-hybridized carbons (Fsp3) is 0.524. The lowest BCUT2D eigenvalue weighted by Crippen LogP contribution is -2.59. The normalized spacial score (nSPS) is 15.0. The van der Waals surface area contributed by atoms with Crippen molar-refractivity contribution < 1.29 is 28.7 Å². The molecule has 0 radical (unpaired) electrons. The van der Waals surface area contributed by atoms with Gasteiger partial charge >= 0.3 is 12.1 Å². The van der Waals surface area contributed by atoms with Gasteiger partial charge in [-0.1, -0.05) is 12.1 Å². The van der Waals surface area contributed by atoms with Gasteiger partial charge < -0.3 is 20.1 Å². The number of esters is 1. The van der Waals surface area contributed by atoms with E-state index in [9.17, 15) is 19.2 Å². The minimum absolute atomic E-state index is 0.0313. The van der Waals surface area contributed by atoms with E-state index in [1.54, 1.807) is 58.9 Å². The average molecular weight is 419 g/mol. The van der Waals surface area contributed by atoms with Crippen molar-refractivity contribution in [3.05, 3.63) is 24.3 Å². The lowest BCUT2D eigenvalue weighted by molar-refractivity contribution is -0.148. The van der Waals surface area contributed by atoms with Crippen LogP contribution in [-0.4, -0.2) is 48.2 Å². The maximum absolute atomic E-state index is 12.8. The Balaban J connectivity index is 1.84. The van der Waals surface area contributed by atoms with Gasteiger partial charge in [0.25, 0.3) is 5.91 Å². The molecule has 9 heteroatoms. The van der Waals surface area contributed by atoms with Crippen LogP contribution in [0.2, 0.25) is 0 Å². The molecule has 1 aromatic rings. The fourth-order valence-corrected chi connectivity index (χ4v) is 2.91. The molecule has 2 rings (SSSR count). The Kier molecular flexibility index (Phi) is 7.07. The number of nitrogens with zero attached hydrogens (tertiary/aromatic N) is 1. The quantitative estimate of drug-likeness (QED) is 0.541. The lowest BCUT2D eigenvalue weighted by atomic mass is 9.96. The topological polar surface area (TPSA) is 114 Å². The zero-order valence-electron chi connectivity index (χ0n) is 18.0. The summed E-state index contributed by atoms with van der Waals surface area (Å²) in [6, 6.07) is 6.94. The van der Waals surface area contributed by atoms with E-state index in [2.05, 4.69) is 10.6 Å². The maximum Gasteiger partial charge on any atom is 0.407 e. The minimum atomic E-state index is -1.13. The molecule has 30 heavy (non-hydrogen) atoms. The van der Waals surface area contributed by atoms with Gasteiger partial charge in [0, 0.05) is 13.0 Å². The molecule has 1 aromatic carbocycles. The molecular formula is C21H29N3O6. The Hall–Kier alpha value is -3.10. The number of ether oxygens (including phenoxy) is 2. The molecule has 0 fully saturated rings. The van der Waals surface area contributed by atoms with E-state index >= 15 is 0 Å². The third-order valence-corrected chi connectivity index (χ3v) is 4.34. The molecule has 0 unspecified atom stereocenters. The highest BCUT2D eigenvalue weighted by Gasteiger charge is 2.43. The van der Waals surface area contributed by atoms with Gasteiger partial charge in [0.05, 0.1) is 11.4 Å². The SMILES string of the molecule is CC(C)(C)OC(=O)NCCCC(=O)OCC(=O)N1c2ccccc2NC(=O)C1(C)C. The van der Waals surface area contributed by atoms with Crippen molar-refractivity contribution in [2.45, 2.75) is 58.6 Å². The largest absolute Gasteiger partial charge is 0.456 e. The number of benzene rings is 1. The van der Waals surface area contributed by atoms with Crippen molar-refractivity contribution in [3.8, 4) is 0 Å². The van der Waals surface area contributed by atoms with Gasteiger partial charge in [0.1, 0.15) is 11.1 Å². The van der Waals surface area contributed by atoms with E-state index in [-0.39, 0.29) is 18.9 Å². The van der Waals surface area contributed by atoms with Crippen molar-refractivity contribution in [2.75, 3.05) is 23.4 Å². The molecule has 0 aromatic heterocycles. The molecule has 164 valence electrons. The molecule has 0 bridgehead atoms. The van der Waals surface area contributed by atoms with Crippen molar-refractivity contribution in [1.82, 2.24) is 5.32 Å². The number of nitrogens with one attached hydrogen (secondary N) is 2. The van der Waals surface area contributed by atoms with Gasteiger partial charge in [-0.15, -0.1) is 0 Å². The molecule has 0 saturated heterocycles. The van der Waals surface area contributed by atoms with Crippen molar-refractivity contribution in [2.24, 2.45) is 0 Å². The van der Waals surface area contributed by atoms with Gasteiger partial charge in [-0.2, -0.15) is 0 Å². The van der Waals surface area contributed by atoms with Gasteiger partial charge in [0.2, 0.25) is 5.91 Å². The number of hydrogen-bond donors (Lipinski definition) is 2. The summed E-state index contributed by atoms with van der Waals surface area (Å²) in [5, 5.41) is 5.32. The summed E-state index contributed by atoms with van der Waals surface area (Å²) < 4.78 is 10.2. The number of para-hydroxylation sites is 2. The predicted octanol–water partition coefficient (Wildman–Crippen LogP) is 2.60. The second kappa shape index (κ2) is 9.15. The number of amides is 3. The van der Waals surface area contributed by atoms with E-state index in [0.717, 1.165) is 0 Å². The van der Waals surface area contributed by atoms with Gasteiger partial charge in [-0.25, -0.2) is 4.79 Å². The van der Waals surface area contributed by atoms with E-state index in [0.29, 0.717) is 17.8 Å². The van der Waals surface area contributed by atoms with E-state index < -0.39 is 35.7 Å². The molecule has 0 spiro atoms. The first-order chi connectivity index (χ1) is 13.9. The molecule has 0 aliphatic carbocycles. The van der Waals surface area contributed by atoms with Crippen LogP contribution in [0.5, 0.6) is 0 Å². The Morgan fingerprint density at radius 2 is 1.83 bits per heavy atom. The van der Waals surface area contributed by atoms with E-state index in [1.807, 2.05) is 0 Å². The third-order valence-electron chi connectivity index (χ3n) is 4.34. The average Bonchev–Trinajstić information content (AvgIpc) is 2.62. The molecule has 2 N–H and O–H groups in total. The van der Waals surface area contributed by atoms with Crippen LogP contribution in [0.25, 0.3) is 0 Å². The molecule has 1 aliphatic heterocycles. The number of hydrogen-bond acceptors (Lipinski definition) is 6. The monoisotopic (exact) mass is 419 g/mol. The van der Waals surface area contributed by atoms with Crippen LogP contribution in [0.15, 0.2) is 24.3 Å². The zero-order chi connectivity index (χ0) is 22.5. The van der Waals surface area contributed by atoms with Crippen molar-refractivity contribution >= 4 is 35.3 Å². The number of rotatable bonds is 6. The molecule has 1 aliphatic rings. The fourth-order valence-electron chi connectivity index (χ4n) is 2.91. The summed E-state index contributed by atoms with van der Waals surface area (Å²) >= 11 is 0. The third kappa shape index (κ3) is 5.95. The summed E-state index contributed by atoms with van der Waals surface area (Å²) in [4.78, 5) is 50.0. The molecule has 1 heterocycles. The van der Waals surface area contributed by atoms with Crippen LogP contribution < -0.4 is 15.5 Å². The second-order valence-corrected chi connectivity index (χ2v) is 8.45. The van der Waals surface area contributed by atoms with Gasteiger partial charge in [0.15, 0.2) is 6.61 Å². The molecular weight excluding hydrogens is 390 g/mol. The van der Waals surface area contributed by atoms with Crippen molar-refractivity contribution in [1.29, 1.82) is 0 Å². The van der Waals surface area contributed by atoms with Gasteiger partial charge in [-0.3, -0.25) is 19.3 Å².